The number of anilines is 1. The van der Waals surface area contributed by atoms with E-state index in [1.165, 1.54) is 0 Å². The van der Waals surface area contributed by atoms with Crippen LogP contribution in [0.25, 0.3) is 0 Å². The zero-order valence-electron chi connectivity index (χ0n) is 13.0. The third-order valence-electron chi connectivity index (χ3n) is 3.45. The Hall–Kier alpha value is -1.12. The van der Waals surface area contributed by atoms with Crippen molar-refractivity contribution in [2.75, 3.05) is 12.4 Å². The van der Waals surface area contributed by atoms with Crippen LogP contribution in [0.4, 0.5) is 5.82 Å². The Kier molecular flexibility index (Phi) is 4.04. The van der Waals surface area contributed by atoms with E-state index < -0.39 is 0 Å². The predicted molar refractivity (Wildman–Crippen MR) is 78.1 cm³/mol. The molecule has 0 aliphatic carbocycles. The summed E-state index contributed by atoms with van der Waals surface area (Å²) < 4.78 is 0. The molecule has 0 spiro atoms. The quantitative estimate of drug-likeness (QED) is 0.862. The molecule has 1 atom stereocenters. The van der Waals surface area contributed by atoms with Gasteiger partial charge in [0, 0.05) is 24.4 Å². The maximum Gasteiger partial charge on any atom is 0.134 e. The van der Waals surface area contributed by atoms with Crippen LogP contribution in [-0.2, 0) is 5.41 Å². The van der Waals surface area contributed by atoms with Crippen LogP contribution in [-0.4, -0.2) is 17.0 Å². The number of aromatic nitrogens is 2. The first-order valence-electron chi connectivity index (χ1n) is 6.63. The van der Waals surface area contributed by atoms with Gasteiger partial charge in [0.25, 0.3) is 0 Å². The summed E-state index contributed by atoms with van der Waals surface area (Å²) in [7, 11) is 1.90. The third-order valence-corrected chi connectivity index (χ3v) is 3.45. The lowest BCUT2D eigenvalue weighted by atomic mass is 9.81. The molecule has 18 heavy (non-hydrogen) atoms. The average Bonchev–Trinajstić information content (AvgIpc) is 2.25. The van der Waals surface area contributed by atoms with Crippen molar-refractivity contribution >= 4 is 5.82 Å². The Labute approximate surface area is 111 Å². The van der Waals surface area contributed by atoms with E-state index >= 15 is 0 Å². The Morgan fingerprint density at radius 3 is 2.00 bits per heavy atom. The lowest BCUT2D eigenvalue weighted by Gasteiger charge is -2.28. The highest BCUT2D eigenvalue weighted by Gasteiger charge is 2.26. The molecule has 1 rings (SSSR count). The zero-order chi connectivity index (χ0) is 14.1. The van der Waals surface area contributed by atoms with Gasteiger partial charge >= 0.3 is 0 Å². The first-order valence-corrected chi connectivity index (χ1v) is 6.63. The number of nitrogens with zero attached hydrogens (tertiary/aromatic N) is 2. The molecule has 1 aromatic rings. The normalized spacial score (nSPS) is 14.4. The van der Waals surface area contributed by atoms with Crippen molar-refractivity contribution in [1.29, 1.82) is 0 Å². The third kappa shape index (κ3) is 3.44. The maximum absolute atomic E-state index is 4.77. The lowest BCUT2D eigenvalue weighted by Crippen LogP contribution is -2.22. The van der Waals surface area contributed by atoms with Crippen molar-refractivity contribution in [2.24, 2.45) is 5.41 Å². The summed E-state index contributed by atoms with van der Waals surface area (Å²) in [6.45, 7) is 15.4. The van der Waals surface area contributed by atoms with E-state index in [1.807, 2.05) is 13.1 Å². The monoisotopic (exact) mass is 249 g/mol. The molecule has 1 unspecified atom stereocenters. The van der Waals surface area contributed by atoms with E-state index in [-0.39, 0.29) is 10.8 Å². The van der Waals surface area contributed by atoms with Crippen LogP contribution in [0, 0.1) is 5.41 Å². The van der Waals surface area contributed by atoms with Crippen molar-refractivity contribution in [3.63, 3.8) is 0 Å². The van der Waals surface area contributed by atoms with Gasteiger partial charge in [-0.15, -0.1) is 0 Å². The van der Waals surface area contributed by atoms with Gasteiger partial charge in [-0.2, -0.15) is 0 Å². The van der Waals surface area contributed by atoms with E-state index in [2.05, 4.69) is 58.8 Å². The Balaban J connectivity index is 3.29. The van der Waals surface area contributed by atoms with Crippen LogP contribution >= 0.6 is 0 Å². The summed E-state index contributed by atoms with van der Waals surface area (Å²) >= 11 is 0. The predicted octanol–water partition coefficient (Wildman–Crippen LogP) is 3.97. The SMILES string of the molecule is CNc1cc(C(C)(C)C)nc(C(C)C(C)(C)C)n1. The highest BCUT2D eigenvalue weighted by Crippen LogP contribution is 2.34. The van der Waals surface area contributed by atoms with E-state index in [9.17, 15) is 0 Å². The van der Waals surface area contributed by atoms with Gasteiger partial charge < -0.3 is 5.32 Å². The topological polar surface area (TPSA) is 37.8 Å². The Bertz CT molecular complexity index is 411. The molecule has 0 saturated heterocycles. The van der Waals surface area contributed by atoms with Crippen LogP contribution in [0.15, 0.2) is 6.07 Å². The largest absolute Gasteiger partial charge is 0.373 e. The summed E-state index contributed by atoms with van der Waals surface area (Å²) in [5, 5.41) is 3.14. The van der Waals surface area contributed by atoms with Crippen molar-refractivity contribution < 1.29 is 0 Å². The second-order valence-electron chi connectivity index (χ2n) is 7.08. The number of nitrogens with one attached hydrogen (secondary N) is 1. The molecule has 0 radical (unpaired) electrons. The first-order chi connectivity index (χ1) is 8.05. The summed E-state index contributed by atoms with van der Waals surface area (Å²) in [4.78, 5) is 9.38. The molecule has 0 fully saturated rings. The number of hydrogen-bond donors (Lipinski definition) is 1. The molecular formula is C15H27N3. The van der Waals surface area contributed by atoms with Crippen LogP contribution in [0.2, 0.25) is 0 Å². The minimum Gasteiger partial charge on any atom is -0.373 e. The van der Waals surface area contributed by atoms with Gasteiger partial charge in [-0.3, -0.25) is 0 Å². The van der Waals surface area contributed by atoms with E-state index in [0.29, 0.717) is 5.92 Å². The van der Waals surface area contributed by atoms with E-state index in [4.69, 9.17) is 4.98 Å². The smallest absolute Gasteiger partial charge is 0.134 e. The molecule has 1 N–H and O–H groups in total. The molecule has 1 heterocycles. The van der Waals surface area contributed by atoms with E-state index in [1.54, 1.807) is 0 Å². The zero-order valence-corrected chi connectivity index (χ0v) is 13.0. The second-order valence-corrected chi connectivity index (χ2v) is 7.08. The van der Waals surface area contributed by atoms with E-state index in [0.717, 1.165) is 17.3 Å². The van der Waals surface area contributed by atoms with Gasteiger partial charge in [0.1, 0.15) is 11.6 Å². The molecule has 1 aromatic heterocycles. The molecule has 0 saturated carbocycles. The van der Waals surface area contributed by atoms with Gasteiger partial charge in [0.05, 0.1) is 5.69 Å². The summed E-state index contributed by atoms with van der Waals surface area (Å²) in [6.07, 6.45) is 0. The minimum atomic E-state index is 0.0426. The molecule has 0 aliphatic rings. The molecule has 0 bridgehead atoms. The summed E-state index contributed by atoms with van der Waals surface area (Å²) in [5.74, 6) is 2.16. The van der Waals surface area contributed by atoms with Gasteiger partial charge in [0.2, 0.25) is 0 Å². The average molecular weight is 249 g/mol. The second kappa shape index (κ2) is 4.87. The first kappa shape index (κ1) is 14.9. The fourth-order valence-corrected chi connectivity index (χ4v) is 1.56. The highest BCUT2D eigenvalue weighted by atomic mass is 15.0. The van der Waals surface area contributed by atoms with Gasteiger partial charge in [0.15, 0.2) is 0 Å². The molecule has 0 aliphatic heterocycles. The molecule has 102 valence electrons. The molecule has 0 amide bonds. The number of hydrogen-bond acceptors (Lipinski definition) is 3. The van der Waals surface area contributed by atoms with Crippen molar-refractivity contribution in [1.82, 2.24) is 9.97 Å². The summed E-state index contributed by atoms with van der Waals surface area (Å²) in [6, 6.07) is 2.04. The highest BCUT2D eigenvalue weighted by molar-refractivity contribution is 5.37. The van der Waals surface area contributed by atoms with Crippen LogP contribution in [0.1, 0.15) is 65.9 Å². The van der Waals surface area contributed by atoms with Crippen molar-refractivity contribution in [2.45, 2.75) is 59.8 Å². The van der Waals surface area contributed by atoms with Crippen LogP contribution in [0.3, 0.4) is 0 Å². The maximum atomic E-state index is 4.77. The molecule has 3 heteroatoms. The fraction of sp³-hybridized carbons (Fsp3) is 0.733. The van der Waals surface area contributed by atoms with Gasteiger partial charge in [-0.05, 0) is 5.41 Å². The van der Waals surface area contributed by atoms with Crippen molar-refractivity contribution in [3.8, 4) is 0 Å². The fourth-order valence-electron chi connectivity index (χ4n) is 1.56. The summed E-state index contributed by atoms with van der Waals surface area (Å²) in [5.41, 5.74) is 1.30. The lowest BCUT2D eigenvalue weighted by molar-refractivity contribution is 0.326. The van der Waals surface area contributed by atoms with Crippen LogP contribution in [0.5, 0.6) is 0 Å². The van der Waals surface area contributed by atoms with Gasteiger partial charge in [-0.1, -0.05) is 48.5 Å². The minimum absolute atomic E-state index is 0.0426. The Morgan fingerprint density at radius 2 is 1.61 bits per heavy atom. The Morgan fingerprint density at radius 1 is 1.06 bits per heavy atom. The molecular weight excluding hydrogens is 222 g/mol. The van der Waals surface area contributed by atoms with Gasteiger partial charge in [-0.25, -0.2) is 9.97 Å². The number of rotatable bonds is 2. The standard InChI is InChI=1S/C15H27N3/c1-10(14(2,3)4)13-17-11(15(5,6)7)9-12(16-8)18-13/h9-10H,1-8H3,(H,16,17,18). The van der Waals surface area contributed by atoms with Crippen molar-refractivity contribution in [3.05, 3.63) is 17.6 Å². The molecule has 0 aromatic carbocycles. The molecule has 3 nitrogen and oxygen atoms in total. The van der Waals surface area contributed by atoms with Crippen LogP contribution < -0.4 is 5.32 Å².